The molecule has 4 amide bonds. The molecule has 1 aliphatic heterocycles. The monoisotopic (exact) mass is 291 g/mol. The van der Waals surface area contributed by atoms with Crippen LogP contribution in [0.5, 0.6) is 5.75 Å². The van der Waals surface area contributed by atoms with Gasteiger partial charge in [0.2, 0.25) is 5.91 Å². The van der Waals surface area contributed by atoms with Gasteiger partial charge < -0.3 is 15.0 Å². The highest BCUT2D eigenvalue weighted by Gasteiger charge is 2.46. The highest BCUT2D eigenvalue weighted by Crippen LogP contribution is 2.21. The van der Waals surface area contributed by atoms with E-state index in [2.05, 4.69) is 10.6 Å². The zero-order valence-corrected chi connectivity index (χ0v) is 12.1. The van der Waals surface area contributed by atoms with Gasteiger partial charge in [0.1, 0.15) is 17.8 Å². The Balaban J connectivity index is 2.05. The van der Waals surface area contributed by atoms with Crippen molar-refractivity contribution in [3.8, 4) is 5.75 Å². The first kappa shape index (κ1) is 14.8. The van der Waals surface area contributed by atoms with Crippen LogP contribution in [0, 0.1) is 0 Å². The molecule has 0 atom stereocenters. The summed E-state index contributed by atoms with van der Waals surface area (Å²) in [5.74, 6) is -0.190. The van der Waals surface area contributed by atoms with E-state index in [0.717, 1.165) is 0 Å². The molecule has 0 radical (unpaired) electrons. The van der Waals surface area contributed by atoms with E-state index in [4.69, 9.17) is 4.74 Å². The Bertz CT molecular complexity index is 598. The van der Waals surface area contributed by atoms with E-state index in [9.17, 15) is 14.4 Å². The molecule has 1 heterocycles. The molecule has 1 aromatic rings. The van der Waals surface area contributed by atoms with Gasteiger partial charge in [-0.05, 0) is 26.0 Å². The molecule has 0 aromatic heterocycles. The molecule has 0 aliphatic carbocycles. The largest absolute Gasteiger partial charge is 0.497 e. The van der Waals surface area contributed by atoms with Gasteiger partial charge in [0.05, 0.1) is 7.11 Å². The summed E-state index contributed by atoms with van der Waals surface area (Å²) in [4.78, 5) is 36.5. The fraction of sp³-hybridized carbons (Fsp3) is 0.357. The number of nitrogens with zero attached hydrogens (tertiary/aromatic N) is 1. The van der Waals surface area contributed by atoms with Gasteiger partial charge in [-0.15, -0.1) is 0 Å². The van der Waals surface area contributed by atoms with Crippen LogP contribution >= 0.6 is 0 Å². The maximum atomic E-state index is 12.0. The number of nitrogens with one attached hydrogen (secondary N) is 2. The quantitative estimate of drug-likeness (QED) is 0.809. The summed E-state index contributed by atoms with van der Waals surface area (Å²) in [7, 11) is 1.53. The summed E-state index contributed by atoms with van der Waals surface area (Å²) in [6, 6.07) is 6.31. The summed E-state index contributed by atoms with van der Waals surface area (Å²) < 4.78 is 5.06. The van der Waals surface area contributed by atoms with Crippen LogP contribution in [0.1, 0.15) is 13.8 Å². The van der Waals surface area contributed by atoms with Crippen molar-refractivity contribution in [1.82, 2.24) is 10.2 Å². The van der Waals surface area contributed by atoms with Crippen LogP contribution in [0.15, 0.2) is 24.3 Å². The van der Waals surface area contributed by atoms with Crippen LogP contribution in [0.25, 0.3) is 0 Å². The molecule has 2 rings (SSSR count). The number of rotatable bonds is 4. The minimum Gasteiger partial charge on any atom is -0.497 e. The van der Waals surface area contributed by atoms with Crippen molar-refractivity contribution < 1.29 is 19.1 Å². The van der Waals surface area contributed by atoms with Gasteiger partial charge in [-0.3, -0.25) is 14.9 Å². The summed E-state index contributed by atoms with van der Waals surface area (Å²) in [6.07, 6.45) is 0. The molecule has 2 N–H and O–H groups in total. The zero-order valence-electron chi connectivity index (χ0n) is 12.1. The number of benzene rings is 1. The number of anilines is 1. The van der Waals surface area contributed by atoms with Crippen LogP contribution in [0.4, 0.5) is 10.5 Å². The van der Waals surface area contributed by atoms with E-state index in [-0.39, 0.29) is 12.5 Å². The van der Waals surface area contributed by atoms with E-state index in [1.54, 1.807) is 38.1 Å². The number of imide groups is 1. The number of carbonyl (C=O) groups excluding carboxylic acids is 3. The number of hydrogen-bond donors (Lipinski definition) is 2. The van der Waals surface area contributed by atoms with Gasteiger partial charge in [-0.1, -0.05) is 6.07 Å². The van der Waals surface area contributed by atoms with Crippen LogP contribution in [0.2, 0.25) is 0 Å². The third-order valence-electron chi connectivity index (χ3n) is 3.35. The van der Waals surface area contributed by atoms with Gasteiger partial charge in [0, 0.05) is 11.8 Å². The molecule has 0 saturated carbocycles. The Morgan fingerprint density at radius 1 is 1.38 bits per heavy atom. The van der Waals surface area contributed by atoms with Crippen molar-refractivity contribution in [2.24, 2.45) is 0 Å². The number of urea groups is 1. The molecule has 0 bridgehead atoms. The molecule has 1 aromatic carbocycles. The summed E-state index contributed by atoms with van der Waals surface area (Å²) in [6.45, 7) is 2.97. The van der Waals surface area contributed by atoms with Gasteiger partial charge in [-0.25, -0.2) is 4.79 Å². The number of carbonyl (C=O) groups is 3. The first-order chi connectivity index (χ1) is 9.84. The molecule has 112 valence electrons. The van der Waals surface area contributed by atoms with Crippen molar-refractivity contribution in [3.63, 3.8) is 0 Å². The normalized spacial score (nSPS) is 16.6. The second-order valence-corrected chi connectivity index (χ2v) is 5.18. The predicted molar refractivity (Wildman–Crippen MR) is 75.9 cm³/mol. The van der Waals surface area contributed by atoms with Crippen LogP contribution in [-0.4, -0.2) is 41.9 Å². The Labute approximate surface area is 122 Å². The molecule has 0 spiro atoms. The van der Waals surface area contributed by atoms with Crippen molar-refractivity contribution in [3.05, 3.63) is 24.3 Å². The Hall–Kier alpha value is -2.57. The van der Waals surface area contributed by atoms with Gasteiger partial charge in [0.15, 0.2) is 0 Å². The van der Waals surface area contributed by atoms with Gasteiger partial charge in [0.25, 0.3) is 5.91 Å². The fourth-order valence-corrected chi connectivity index (χ4v) is 2.01. The molecular formula is C14H17N3O4. The lowest BCUT2D eigenvalue weighted by Gasteiger charge is -2.27. The first-order valence-corrected chi connectivity index (χ1v) is 6.41. The van der Waals surface area contributed by atoms with Crippen molar-refractivity contribution >= 4 is 23.5 Å². The van der Waals surface area contributed by atoms with Gasteiger partial charge >= 0.3 is 6.03 Å². The maximum Gasteiger partial charge on any atom is 0.325 e. The van der Waals surface area contributed by atoms with Crippen molar-refractivity contribution in [2.75, 3.05) is 19.0 Å². The van der Waals surface area contributed by atoms with Gasteiger partial charge in [-0.2, -0.15) is 0 Å². The van der Waals surface area contributed by atoms with Crippen molar-refractivity contribution in [1.29, 1.82) is 0 Å². The third-order valence-corrected chi connectivity index (χ3v) is 3.35. The second-order valence-electron chi connectivity index (χ2n) is 5.18. The molecule has 7 nitrogen and oxygen atoms in total. The average molecular weight is 291 g/mol. The van der Waals surface area contributed by atoms with E-state index in [1.165, 1.54) is 12.0 Å². The summed E-state index contributed by atoms with van der Waals surface area (Å²) in [5.41, 5.74) is -0.480. The smallest absolute Gasteiger partial charge is 0.325 e. The lowest BCUT2D eigenvalue weighted by Crippen LogP contribution is -2.47. The topological polar surface area (TPSA) is 87.7 Å². The molecule has 7 heteroatoms. The van der Waals surface area contributed by atoms with Crippen molar-refractivity contribution in [2.45, 2.75) is 19.4 Å². The molecule has 1 aliphatic rings. The Morgan fingerprint density at radius 3 is 2.67 bits per heavy atom. The molecule has 1 saturated heterocycles. The average Bonchev–Trinajstić information content (AvgIpc) is 2.61. The highest BCUT2D eigenvalue weighted by atomic mass is 16.5. The zero-order chi connectivity index (χ0) is 15.6. The minimum absolute atomic E-state index is 0.207. The maximum absolute atomic E-state index is 12.0. The van der Waals surface area contributed by atoms with Crippen LogP contribution in [-0.2, 0) is 9.59 Å². The first-order valence-electron chi connectivity index (χ1n) is 6.41. The number of hydrogen-bond acceptors (Lipinski definition) is 4. The standard InChI is InChI=1S/C14H17N3O4/c1-14(2)12(19)16-13(20)17(14)8-11(18)15-9-5-4-6-10(7-9)21-3/h4-7H,8H2,1-3H3,(H,15,18)(H,16,19,20). The highest BCUT2D eigenvalue weighted by molar-refractivity contribution is 6.08. The van der Waals surface area contributed by atoms with Crippen LogP contribution < -0.4 is 15.4 Å². The van der Waals surface area contributed by atoms with E-state index in [0.29, 0.717) is 11.4 Å². The molecular weight excluding hydrogens is 274 g/mol. The SMILES string of the molecule is COc1cccc(NC(=O)CN2C(=O)NC(=O)C2(C)C)c1. The Morgan fingerprint density at radius 2 is 2.10 bits per heavy atom. The summed E-state index contributed by atoms with van der Waals surface area (Å²) in [5, 5.41) is 4.86. The number of methoxy groups -OCH3 is 1. The lowest BCUT2D eigenvalue weighted by atomic mass is 10.0. The summed E-state index contributed by atoms with van der Waals surface area (Å²) >= 11 is 0. The molecule has 21 heavy (non-hydrogen) atoms. The van der Waals surface area contributed by atoms with Crippen LogP contribution in [0.3, 0.4) is 0 Å². The fourth-order valence-electron chi connectivity index (χ4n) is 2.01. The third kappa shape index (κ3) is 2.96. The van der Waals surface area contributed by atoms with E-state index < -0.39 is 17.5 Å². The molecule has 1 fully saturated rings. The predicted octanol–water partition coefficient (Wildman–Crippen LogP) is 0.964. The van der Waals surface area contributed by atoms with E-state index >= 15 is 0 Å². The number of ether oxygens (including phenoxy) is 1. The lowest BCUT2D eigenvalue weighted by molar-refractivity contribution is -0.126. The number of amides is 4. The Kier molecular flexibility index (Phi) is 3.84. The minimum atomic E-state index is -1.04. The van der Waals surface area contributed by atoms with E-state index in [1.807, 2.05) is 0 Å². The molecule has 0 unspecified atom stereocenters. The second kappa shape index (κ2) is 5.43.